The molecule has 0 fully saturated rings. The van der Waals surface area contributed by atoms with Crippen LogP contribution in [0.1, 0.15) is 0 Å². The summed E-state index contributed by atoms with van der Waals surface area (Å²) in [5, 5.41) is 4.25. The van der Waals surface area contributed by atoms with Gasteiger partial charge in [-0.2, -0.15) is 0 Å². The Bertz CT molecular complexity index is 1250. The molecular formula is C26H18N2O2. The smallest absolute Gasteiger partial charge is 0.219 e. The van der Waals surface area contributed by atoms with Gasteiger partial charge in [-0.15, -0.1) is 0 Å². The molecule has 0 aliphatic carbocycles. The van der Waals surface area contributed by atoms with Crippen molar-refractivity contribution in [3.8, 4) is 45.3 Å². The quantitative estimate of drug-likeness (QED) is 0.329. The van der Waals surface area contributed by atoms with Crippen molar-refractivity contribution in [1.29, 1.82) is 0 Å². The first-order chi connectivity index (χ1) is 14.8. The fourth-order valence-electron chi connectivity index (χ4n) is 3.25. The first-order valence-electron chi connectivity index (χ1n) is 9.67. The van der Waals surface area contributed by atoms with Gasteiger partial charge in [0.25, 0.3) is 0 Å². The Kier molecular flexibility index (Phi) is 4.80. The third-order valence-corrected chi connectivity index (χ3v) is 4.78. The number of aromatic nitrogens is 2. The zero-order valence-corrected chi connectivity index (χ0v) is 16.1. The minimum absolute atomic E-state index is 0.550. The number of hydrogen-bond donors (Lipinski definition) is 0. The molecule has 5 rings (SSSR count). The van der Waals surface area contributed by atoms with E-state index in [0.29, 0.717) is 11.6 Å². The number of rotatable bonds is 5. The van der Waals surface area contributed by atoms with Crippen LogP contribution < -0.4 is 4.74 Å². The van der Waals surface area contributed by atoms with Gasteiger partial charge in [0.1, 0.15) is 11.4 Å². The third-order valence-electron chi connectivity index (χ3n) is 4.78. The van der Waals surface area contributed by atoms with E-state index in [-0.39, 0.29) is 0 Å². The molecule has 0 aliphatic heterocycles. The van der Waals surface area contributed by atoms with Gasteiger partial charge in [-0.25, -0.2) is 4.98 Å². The average molecular weight is 390 g/mol. The van der Waals surface area contributed by atoms with Crippen LogP contribution in [-0.4, -0.2) is 10.1 Å². The molecule has 30 heavy (non-hydrogen) atoms. The predicted octanol–water partition coefficient (Wildman–Crippen LogP) is 6.86. The summed E-state index contributed by atoms with van der Waals surface area (Å²) in [4.78, 5) is 4.19. The fourth-order valence-corrected chi connectivity index (χ4v) is 3.25. The normalized spacial score (nSPS) is 10.7. The molecule has 3 aromatic carbocycles. The van der Waals surface area contributed by atoms with E-state index in [0.717, 1.165) is 22.6 Å². The van der Waals surface area contributed by atoms with Gasteiger partial charge in [-0.05, 0) is 29.3 Å². The van der Waals surface area contributed by atoms with Crippen LogP contribution in [0.3, 0.4) is 0 Å². The molecule has 0 spiro atoms. The Morgan fingerprint density at radius 3 is 2.13 bits per heavy atom. The Labute approximate surface area is 174 Å². The van der Waals surface area contributed by atoms with Crippen LogP contribution in [0.2, 0.25) is 0 Å². The van der Waals surface area contributed by atoms with Gasteiger partial charge in [-0.3, -0.25) is 0 Å². The van der Waals surface area contributed by atoms with Crippen molar-refractivity contribution in [2.45, 2.75) is 0 Å². The molecule has 4 heteroatoms. The van der Waals surface area contributed by atoms with Crippen LogP contribution in [-0.2, 0) is 0 Å². The number of ether oxygens (including phenoxy) is 1. The number of pyridine rings is 1. The van der Waals surface area contributed by atoms with E-state index in [9.17, 15) is 0 Å². The summed E-state index contributed by atoms with van der Waals surface area (Å²) in [7, 11) is 0. The minimum atomic E-state index is 0.550. The highest BCUT2D eigenvalue weighted by atomic mass is 16.5. The second kappa shape index (κ2) is 8.05. The molecule has 144 valence electrons. The van der Waals surface area contributed by atoms with E-state index >= 15 is 0 Å². The number of benzene rings is 3. The maximum Gasteiger partial charge on any atom is 0.219 e. The second-order valence-electron chi connectivity index (χ2n) is 6.82. The van der Waals surface area contributed by atoms with Gasteiger partial charge in [0, 0.05) is 29.5 Å². The first-order valence-corrected chi connectivity index (χ1v) is 9.67. The van der Waals surface area contributed by atoms with Crippen molar-refractivity contribution in [2.24, 2.45) is 0 Å². The van der Waals surface area contributed by atoms with Crippen molar-refractivity contribution in [3.05, 3.63) is 109 Å². The van der Waals surface area contributed by atoms with Gasteiger partial charge < -0.3 is 9.26 Å². The summed E-state index contributed by atoms with van der Waals surface area (Å²) in [6.45, 7) is 0. The molecule has 0 saturated heterocycles. The van der Waals surface area contributed by atoms with Gasteiger partial charge >= 0.3 is 0 Å². The fraction of sp³-hybridized carbons (Fsp3) is 0. The van der Waals surface area contributed by atoms with Crippen LogP contribution in [0.4, 0.5) is 0 Å². The Morgan fingerprint density at radius 2 is 1.33 bits per heavy atom. The molecular weight excluding hydrogens is 372 g/mol. The maximum absolute atomic E-state index is 5.82. The van der Waals surface area contributed by atoms with E-state index in [2.05, 4.69) is 34.4 Å². The third kappa shape index (κ3) is 3.84. The summed E-state index contributed by atoms with van der Waals surface area (Å²) in [6, 6.07) is 33.8. The van der Waals surface area contributed by atoms with E-state index in [1.807, 2.05) is 78.9 Å². The van der Waals surface area contributed by atoms with Crippen LogP contribution in [0.25, 0.3) is 33.7 Å². The molecule has 2 aromatic heterocycles. The molecule has 0 unspecified atom stereocenters. The molecule has 0 N–H and O–H groups in total. The molecule has 0 amide bonds. The molecule has 0 atom stereocenters. The van der Waals surface area contributed by atoms with Gasteiger partial charge in [0.15, 0.2) is 5.76 Å². The van der Waals surface area contributed by atoms with Crippen LogP contribution in [0.5, 0.6) is 11.6 Å². The van der Waals surface area contributed by atoms with E-state index in [1.54, 1.807) is 6.20 Å². The van der Waals surface area contributed by atoms with Gasteiger partial charge in [0.2, 0.25) is 5.88 Å². The van der Waals surface area contributed by atoms with Crippen molar-refractivity contribution in [1.82, 2.24) is 10.1 Å². The summed E-state index contributed by atoms with van der Waals surface area (Å²) < 4.78 is 11.4. The summed E-state index contributed by atoms with van der Waals surface area (Å²) in [5.74, 6) is 1.97. The highest BCUT2D eigenvalue weighted by Crippen LogP contribution is 2.30. The molecule has 0 saturated carbocycles. The van der Waals surface area contributed by atoms with Gasteiger partial charge in [-0.1, -0.05) is 78.0 Å². The zero-order valence-electron chi connectivity index (χ0n) is 16.1. The van der Waals surface area contributed by atoms with E-state index < -0.39 is 0 Å². The largest absolute Gasteiger partial charge is 0.439 e. The number of hydrogen-bond acceptors (Lipinski definition) is 4. The summed E-state index contributed by atoms with van der Waals surface area (Å²) >= 11 is 0. The Morgan fingerprint density at radius 1 is 0.600 bits per heavy atom. The van der Waals surface area contributed by atoms with E-state index in [1.165, 1.54) is 11.1 Å². The van der Waals surface area contributed by atoms with E-state index in [4.69, 9.17) is 9.26 Å². The monoisotopic (exact) mass is 390 g/mol. The molecule has 0 radical (unpaired) electrons. The maximum atomic E-state index is 5.82. The lowest BCUT2D eigenvalue weighted by molar-refractivity contribution is 0.435. The molecule has 0 aliphatic rings. The Hall–Kier alpha value is -4.18. The lowest BCUT2D eigenvalue weighted by Gasteiger charge is -2.05. The van der Waals surface area contributed by atoms with Crippen molar-refractivity contribution in [2.75, 3.05) is 0 Å². The van der Waals surface area contributed by atoms with Crippen LogP contribution in [0.15, 0.2) is 114 Å². The zero-order chi connectivity index (χ0) is 20.2. The Balaban J connectivity index is 1.37. The topological polar surface area (TPSA) is 48.2 Å². The first kappa shape index (κ1) is 17.9. The predicted molar refractivity (Wildman–Crippen MR) is 117 cm³/mol. The number of nitrogens with zero attached hydrogens (tertiary/aromatic N) is 2. The summed E-state index contributed by atoms with van der Waals surface area (Å²) in [5.41, 5.74) is 5.00. The molecule has 4 nitrogen and oxygen atoms in total. The minimum Gasteiger partial charge on any atom is -0.439 e. The average Bonchev–Trinajstić information content (AvgIpc) is 3.31. The van der Waals surface area contributed by atoms with Crippen molar-refractivity contribution < 1.29 is 9.26 Å². The summed E-state index contributed by atoms with van der Waals surface area (Å²) in [6.07, 6.45) is 1.70. The molecule has 0 bridgehead atoms. The highest BCUT2D eigenvalue weighted by Gasteiger charge is 2.10. The van der Waals surface area contributed by atoms with Gasteiger partial charge in [0.05, 0.1) is 0 Å². The lowest BCUT2D eigenvalue weighted by Crippen LogP contribution is -1.87. The lowest BCUT2D eigenvalue weighted by atomic mass is 10.0. The molecule has 5 aromatic rings. The second-order valence-corrected chi connectivity index (χ2v) is 6.82. The highest BCUT2D eigenvalue weighted by molar-refractivity contribution is 5.71. The van der Waals surface area contributed by atoms with Crippen LogP contribution in [0, 0.1) is 0 Å². The van der Waals surface area contributed by atoms with Crippen LogP contribution >= 0.6 is 0 Å². The molecule has 2 heterocycles. The standard InChI is InChI=1S/C26H18N2O2/c1-2-7-19(8-3-1)20-12-14-21(15-13-20)25-18-24(28-30-25)22-9-6-10-23(17-22)29-26-11-4-5-16-27-26/h1-18H. The SMILES string of the molecule is c1ccc(-c2ccc(-c3cc(-c4cccc(Oc5ccccn5)c4)no3)cc2)cc1. The van der Waals surface area contributed by atoms with Crippen molar-refractivity contribution >= 4 is 0 Å². The van der Waals surface area contributed by atoms with Crippen molar-refractivity contribution in [3.63, 3.8) is 0 Å².